The maximum atomic E-state index is 13.4. The van der Waals surface area contributed by atoms with E-state index in [1.54, 1.807) is 6.92 Å². The molecule has 2 fully saturated rings. The predicted octanol–water partition coefficient (Wildman–Crippen LogP) is 2.68. The molecule has 9 heteroatoms. The molecule has 3 rings (SSSR count). The number of hydrogen-bond acceptors (Lipinski definition) is 6. The van der Waals surface area contributed by atoms with Crippen LogP contribution in [0, 0.1) is 17.8 Å². The van der Waals surface area contributed by atoms with Crippen LogP contribution in [0.5, 0.6) is 0 Å². The Hall–Kier alpha value is -2.78. The minimum absolute atomic E-state index is 0.0838. The van der Waals surface area contributed by atoms with Crippen molar-refractivity contribution in [2.24, 2.45) is 17.8 Å². The molecule has 1 saturated heterocycles. The van der Waals surface area contributed by atoms with Gasteiger partial charge in [-0.2, -0.15) is 0 Å². The number of Topliss-reactive ketones (excluding diaryl/α,β-unsaturated/α-hetero) is 1. The molecule has 2 aliphatic rings. The van der Waals surface area contributed by atoms with Crippen molar-refractivity contribution < 1.29 is 29.0 Å². The molecular weight excluding hydrogens is 510 g/mol. The predicted molar refractivity (Wildman–Crippen MR) is 152 cm³/mol. The van der Waals surface area contributed by atoms with Crippen LogP contribution in [0.25, 0.3) is 0 Å². The van der Waals surface area contributed by atoms with Gasteiger partial charge in [-0.05, 0) is 62.3 Å². The number of aliphatic hydroxyl groups excluding tert-OH is 1. The first-order chi connectivity index (χ1) is 18.9. The number of ketones is 1. The minimum Gasteiger partial charge on any atom is -0.383 e. The number of nitrogens with one attached hydrogen (secondary N) is 3. The van der Waals surface area contributed by atoms with Crippen molar-refractivity contribution in [1.82, 2.24) is 16.0 Å². The topological polar surface area (TPSA) is 137 Å². The van der Waals surface area contributed by atoms with Gasteiger partial charge in [-0.1, -0.05) is 70.9 Å². The van der Waals surface area contributed by atoms with E-state index in [0.29, 0.717) is 38.2 Å². The summed E-state index contributed by atoms with van der Waals surface area (Å²) in [5.41, 5.74) is 0.145. The number of epoxide rings is 1. The van der Waals surface area contributed by atoms with Gasteiger partial charge in [-0.15, -0.1) is 0 Å². The van der Waals surface area contributed by atoms with Crippen molar-refractivity contribution in [2.45, 2.75) is 109 Å². The fourth-order valence-electron chi connectivity index (χ4n) is 4.84. The molecule has 0 bridgehead atoms. The molecule has 0 spiro atoms. The lowest BCUT2D eigenvalue weighted by Gasteiger charge is -2.27. The Bertz CT molecular complexity index is 1020. The number of ether oxygens (including phenoxy) is 1. The summed E-state index contributed by atoms with van der Waals surface area (Å²) < 4.78 is 5.34. The van der Waals surface area contributed by atoms with Gasteiger partial charge in [0, 0.05) is 0 Å². The van der Waals surface area contributed by atoms with E-state index in [1.807, 2.05) is 58.0 Å². The van der Waals surface area contributed by atoms with Crippen molar-refractivity contribution in [3.05, 3.63) is 35.9 Å². The summed E-state index contributed by atoms with van der Waals surface area (Å²) in [5, 5.41) is 18.9. The zero-order chi connectivity index (χ0) is 29.4. The number of hydrogen-bond donors (Lipinski definition) is 4. The van der Waals surface area contributed by atoms with Crippen LogP contribution in [-0.2, 0) is 30.3 Å². The van der Waals surface area contributed by atoms with Crippen LogP contribution in [-0.4, -0.2) is 65.0 Å². The Morgan fingerprint density at radius 1 is 0.875 bits per heavy atom. The SMILES string of the molecule is CC(C)C[C@H](NC(=O)[C@@H](O)CCc1ccccc1)C(=O)N[C@@H](CC1CC1)C(=O)N[C@@H](CC(C)C)C(=O)[C@@]1(C)CO1. The van der Waals surface area contributed by atoms with Crippen LogP contribution >= 0.6 is 0 Å². The fourth-order valence-corrected chi connectivity index (χ4v) is 4.84. The zero-order valence-electron chi connectivity index (χ0n) is 24.6. The third-order valence-corrected chi connectivity index (χ3v) is 7.53. The lowest BCUT2D eigenvalue weighted by molar-refractivity contribution is -0.136. The number of amides is 3. The van der Waals surface area contributed by atoms with Gasteiger partial charge in [0.05, 0.1) is 12.6 Å². The lowest BCUT2D eigenvalue weighted by Crippen LogP contribution is -2.57. The van der Waals surface area contributed by atoms with Crippen LogP contribution in [0.15, 0.2) is 30.3 Å². The van der Waals surface area contributed by atoms with Crippen LogP contribution in [0.3, 0.4) is 0 Å². The Balaban J connectivity index is 1.64. The molecule has 9 nitrogen and oxygen atoms in total. The van der Waals surface area contributed by atoms with Crippen LogP contribution in [0.2, 0.25) is 0 Å². The molecule has 40 heavy (non-hydrogen) atoms. The highest BCUT2D eigenvalue weighted by molar-refractivity contribution is 5.98. The monoisotopic (exact) mass is 557 g/mol. The molecule has 1 aromatic carbocycles. The Morgan fingerprint density at radius 2 is 1.40 bits per heavy atom. The molecule has 0 unspecified atom stereocenters. The minimum atomic E-state index is -1.26. The summed E-state index contributed by atoms with van der Waals surface area (Å²) in [6.45, 7) is 9.92. The van der Waals surface area contributed by atoms with E-state index < -0.39 is 47.6 Å². The molecule has 1 saturated carbocycles. The average Bonchev–Trinajstić information content (AvgIpc) is 3.84. The molecule has 1 aliphatic heterocycles. The lowest BCUT2D eigenvalue weighted by atomic mass is 9.93. The van der Waals surface area contributed by atoms with E-state index in [9.17, 15) is 24.3 Å². The average molecular weight is 558 g/mol. The maximum absolute atomic E-state index is 13.4. The quantitative estimate of drug-likeness (QED) is 0.217. The highest BCUT2D eigenvalue weighted by atomic mass is 16.6. The molecule has 1 heterocycles. The maximum Gasteiger partial charge on any atom is 0.249 e. The summed E-state index contributed by atoms with van der Waals surface area (Å²) in [6.07, 6.45) is 2.76. The van der Waals surface area contributed by atoms with E-state index in [4.69, 9.17) is 4.74 Å². The van der Waals surface area contributed by atoms with E-state index >= 15 is 0 Å². The molecule has 1 aliphatic carbocycles. The fraction of sp³-hybridized carbons (Fsp3) is 0.677. The summed E-state index contributed by atoms with van der Waals surface area (Å²) in [5.74, 6) is -1.05. The molecule has 222 valence electrons. The smallest absolute Gasteiger partial charge is 0.249 e. The number of carbonyl (C=O) groups is 4. The summed E-state index contributed by atoms with van der Waals surface area (Å²) in [4.78, 5) is 52.7. The van der Waals surface area contributed by atoms with Gasteiger partial charge in [0.2, 0.25) is 17.7 Å². The van der Waals surface area contributed by atoms with Crippen LogP contribution in [0.1, 0.15) is 78.7 Å². The van der Waals surface area contributed by atoms with Crippen molar-refractivity contribution in [2.75, 3.05) is 6.61 Å². The normalized spacial score (nSPS) is 21.3. The Kier molecular flexibility index (Phi) is 11.3. The second-order valence-electron chi connectivity index (χ2n) is 12.5. The van der Waals surface area contributed by atoms with Crippen molar-refractivity contribution in [3.63, 3.8) is 0 Å². The van der Waals surface area contributed by atoms with E-state index in [2.05, 4.69) is 16.0 Å². The number of rotatable bonds is 17. The van der Waals surface area contributed by atoms with E-state index in [-0.39, 0.29) is 24.0 Å². The summed E-state index contributed by atoms with van der Waals surface area (Å²) >= 11 is 0. The van der Waals surface area contributed by atoms with Gasteiger partial charge in [-0.25, -0.2) is 0 Å². The first-order valence-electron chi connectivity index (χ1n) is 14.7. The van der Waals surface area contributed by atoms with E-state index in [0.717, 1.165) is 18.4 Å². The molecule has 4 N–H and O–H groups in total. The van der Waals surface area contributed by atoms with Gasteiger partial charge >= 0.3 is 0 Å². The third-order valence-electron chi connectivity index (χ3n) is 7.53. The van der Waals surface area contributed by atoms with Gasteiger partial charge in [0.25, 0.3) is 0 Å². The highest BCUT2D eigenvalue weighted by Crippen LogP contribution is 2.34. The third kappa shape index (κ3) is 10.0. The largest absolute Gasteiger partial charge is 0.383 e. The highest BCUT2D eigenvalue weighted by Gasteiger charge is 2.50. The molecule has 3 amide bonds. The second-order valence-corrected chi connectivity index (χ2v) is 12.5. The van der Waals surface area contributed by atoms with Crippen molar-refractivity contribution >= 4 is 23.5 Å². The Morgan fingerprint density at radius 3 is 1.95 bits per heavy atom. The number of benzene rings is 1. The van der Waals surface area contributed by atoms with Crippen LogP contribution < -0.4 is 16.0 Å². The first kappa shape index (κ1) is 31.7. The molecule has 0 radical (unpaired) electrons. The van der Waals surface area contributed by atoms with E-state index in [1.165, 1.54) is 0 Å². The summed E-state index contributed by atoms with van der Waals surface area (Å²) in [7, 11) is 0. The van der Waals surface area contributed by atoms with Gasteiger partial charge in [0.15, 0.2) is 5.78 Å². The molecule has 0 aromatic heterocycles. The van der Waals surface area contributed by atoms with Gasteiger partial charge in [0.1, 0.15) is 23.8 Å². The number of carbonyl (C=O) groups excluding carboxylic acids is 4. The van der Waals surface area contributed by atoms with Gasteiger partial charge < -0.3 is 25.8 Å². The van der Waals surface area contributed by atoms with Crippen molar-refractivity contribution in [1.29, 1.82) is 0 Å². The van der Waals surface area contributed by atoms with Crippen molar-refractivity contribution in [3.8, 4) is 0 Å². The Labute approximate surface area is 238 Å². The molecule has 1 aromatic rings. The standard InChI is InChI=1S/C31H47N3O6/c1-19(2)15-23(27(36)31(5)18-40-31)32-29(38)25(17-22-11-12-22)33-28(37)24(16-20(3)4)34-30(39)26(35)14-13-21-9-7-6-8-10-21/h6-10,19-20,22-26,35H,11-18H2,1-5H3,(H,32,38)(H,33,37)(H,34,39)/t23-,24-,25-,26-,31+/m0/s1. The first-order valence-corrected chi connectivity index (χ1v) is 14.7. The summed E-state index contributed by atoms with van der Waals surface area (Å²) in [6, 6.07) is 7.14. The second kappa shape index (κ2) is 14.2. The number of aliphatic hydroxyl groups is 1. The molecular formula is C31H47N3O6. The van der Waals surface area contributed by atoms with Crippen LogP contribution in [0.4, 0.5) is 0 Å². The molecule has 5 atom stereocenters. The zero-order valence-corrected chi connectivity index (χ0v) is 24.6. The van der Waals surface area contributed by atoms with Gasteiger partial charge in [-0.3, -0.25) is 19.2 Å². The number of aryl methyl sites for hydroxylation is 1.